The Morgan fingerprint density at radius 1 is 1.28 bits per heavy atom. The molecule has 0 aliphatic rings. The van der Waals surface area contributed by atoms with Gasteiger partial charge in [-0.1, -0.05) is 6.07 Å². The smallest absolute Gasteiger partial charge is 0.224 e. The molecule has 1 aromatic carbocycles. The van der Waals surface area contributed by atoms with Gasteiger partial charge < -0.3 is 9.88 Å². The molecule has 2 heterocycles. The van der Waals surface area contributed by atoms with E-state index in [1.54, 1.807) is 32.4 Å². The van der Waals surface area contributed by atoms with Gasteiger partial charge in [-0.25, -0.2) is 9.37 Å². The van der Waals surface area contributed by atoms with Crippen molar-refractivity contribution in [1.29, 1.82) is 0 Å². The molecule has 0 spiro atoms. The minimum absolute atomic E-state index is 0.0435. The molecular formula is C16H14BrClFN4OP. The second-order valence-electron chi connectivity index (χ2n) is 5.91. The van der Waals surface area contributed by atoms with Crippen LogP contribution >= 0.6 is 34.7 Å². The van der Waals surface area contributed by atoms with Crippen LogP contribution in [0.4, 0.5) is 15.9 Å². The van der Waals surface area contributed by atoms with E-state index >= 15 is 0 Å². The minimum atomic E-state index is -2.76. The molecule has 0 atom stereocenters. The third kappa shape index (κ3) is 3.68. The molecule has 3 rings (SSSR count). The number of rotatable bonds is 3. The molecule has 3 aromatic rings. The van der Waals surface area contributed by atoms with E-state index in [0.29, 0.717) is 32.4 Å². The van der Waals surface area contributed by atoms with Crippen molar-refractivity contribution in [3.8, 4) is 0 Å². The lowest BCUT2D eigenvalue weighted by atomic mass is 10.1. The van der Waals surface area contributed by atoms with Gasteiger partial charge in [0.25, 0.3) is 0 Å². The molecule has 0 aliphatic heterocycles. The first kappa shape index (κ1) is 18.2. The van der Waals surface area contributed by atoms with Crippen LogP contribution in [0.15, 0.2) is 28.9 Å². The second kappa shape index (κ2) is 6.63. The van der Waals surface area contributed by atoms with Gasteiger partial charge in [0.2, 0.25) is 5.28 Å². The van der Waals surface area contributed by atoms with E-state index in [4.69, 9.17) is 11.6 Å². The zero-order chi connectivity index (χ0) is 18.4. The molecule has 0 saturated heterocycles. The lowest BCUT2D eigenvalue weighted by Gasteiger charge is -2.18. The van der Waals surface area contributed by atoms with Gasteiger partial charge in [0.05, 0.1) is 10.2 Å². The molecule has 2 aromatic heterocycles. The lowest BCUT2D eigenvalue weighted by molar-refractivity contribution is 0.588. The zero-order valence-corrected chi connectivity index (χ0v) is 16.9. The van der Waals surface area contributed by atoms with Crippen molar-refractivity contribution in [2.24, 2.45) is 0 Å². The zero-order valence-electron chi connectivity index (χ0n) is 13.6. The molecule has 1 N–H and O–H groups in total. The predicted molar refractivity (Wildman–Crippen MR) is 104 cm³/mol. The number of hydrogen-bond donors (Lipinski definition) is 1. The van der Waals surface area contributed by atoms with Gasteiger partial charge in [0.1, 0.15) is 18.5 Å². The minimum Gasteiger partial charge on any atom is -0.338 e. The summed E-state index contributed by atoms with van der Waals surface area (Å²) in [5.41, 5.74) is 1.24. The fraction of sp³-hybridized carbons (Fsp3) is 0.188. The predicted octanol–water partition coefficient (Wildman–Crippen LogP) is 4.88. The van der Waals surface area contributed by atoms with Crippen LogP contribution in [0.3, 0.4) is 0 Å². The summed E-state index contributed by atoms with van der Waals surface area (Å²) in [4.78, 5) is 12.2. The molecule has 0 radical (unpaired) electrons. The quantitative estimate of drug-likeness (QED) is 0.462. The largest absolute Gasteiger partial charge is 0.338 e. The van der Waals surface area contributed by atoms with Crippen LogP contribution < -0.4 is 10.6 Å². The number of anilines is 2. The second-order valence-corrected chi connectivity index (χ2v) is 10.3. The van der Waals surface area contributed by atoms with Crippen LogP contribution in [0.2, 0.25) is 5.28 Å². The Morgan fingerprint density at radius 3 is 2.68 bits per heavy atom. The highest BCUT2D eigenvalue weighted by Gasteiger charge is 2.23. The summed E-state index contributed by atoms with van der Waals surface area (Å²) in [7, 11) is -2.76. The molecular weight excluding hydrogens is 430 g/mol. The number of aryl methyl sites for hydroxylation is 1. The highest BCUT2D eigenvalue weighted by molar-refractivity contribution is 9.10. The summed E-state index contributed by atoms with van der Waals surface area (Å²) in [6.07, 6.45) is 1.48. The maximum absolute atomic E-state index is 14.6. The van der Waals surface area contributed by atoms with Crippen molar-refractivity contribution in [3.63, 3.8) is 0 Å². The van der Waals surface area contributed by atoms with Crippen LogP contribution in [-0.4, -0.2) is 28.3 Å². The Bertz CT molecular complexity index is 1040. The first-order valence-electron chi connectivity index (χ1n) is 7.27. The van der Waals surface area contributed by atoms with E-state index in [-0.39, 0.29) is 10.8 Å². The average molecular weight is 444 g/mol. The van der Waals surface area contributed by atoms with Crippen molar-refractivity contribution >= 4 is 62.4 Å². The SMILES string of the molecule is Cc1ccc2c(P(C)(C)=O)c(Nc3nc(Cl)ncc3Br)cc(F)c2n1. The summed E-state index contributed by atoms with van der Waals surface area (Å²) in [5.74, 6) is -0.150. The Hall–Kier alpha value is -1.56. The molecule has 0 aliphatic carbocycles. The fourth-order valence-corrected chi connectivity index (χ4v) is 4.46. The highest BCUT2D eigenvalue weighted by Crippen LogP contribution is 2.42. The number of nitrogens with zero attached hydrogens (tertiary/aromatic N) is 3. The maximum Gasteiger partial charge on any atom is 0.224 e. The summed E-state index contributed by atoms with van der Waals surface area (Å²) in [5, 5.41) is 4.08. The molecule has 0 unspecified atom stereocenters. The van der Waals surface area contributed by atoms with Crippen LogP contribution in [0.5, 0.6) is 0 Å². The van der Waals surface area contributed by atoms with E-state index < -0.39 is 13.0 Å². The topological polar surface area (TPSA) is 67.8 Å². The number of hydrogen-bond acceptors (Lipinski definition) is 5. The van der Waals surface area contributed by atoms with Crippen LogP contribution in [0, 0.1) is 12.7 Å². The average Bonchev–Trinajstić information content (AvgIpc) is 2.50. The van der Waals surface area contributed by atoms with Crippen LogP contribution in [0.1, 0.15) is 5.69 Å². The first-order chi connectivity index (χ1) is 11.7. The number of halogens is 3. The molecule has 0 bridgehead atoms. The van der Waals surface area contributed by atoms with Crippen molar-refractivity contribution in [3.05, 3.63) is 45.7 Å². The summed E-state index contributed by atoms with van der Waals surface area (Å²) < 4.78 is 28.1. The molecule has 0 saturated carbocycles. The maximum atomic E-state index is 14.6. The van der Waals surface area contributed by atoms with Gasteiger partial charge in [-0.05, 0) is 53.9 Å². The van der Waals surface area contributed by atoms with Crippen LogP contribution in [-0.2, 0) is 4.57 Å². The Kier molecular flexibility index (Phi) is 4.84. The number of fused-ring (bicyclic) bond motifs is 1. The van der Waals surface area contributed by atoms with Crippen LogP contribution in [0.25, 0.3) is 10.9 Å². The third-order valence-electron chi connectivity index (χ3n) is 3.55. The van der Waals surface area contributed by atoms with Gasteiger partial charge in [-0.3, -0.25) is 4.98 Å². The number of aromatic nitrogens is 3. The van der Waals surface area contributed by atoms with Crippen molar-refractivity contribution in [2.75, 3.05) is 18.6 Å². The Labute approximate surface area is 157 Å². The molecule has 9 heteroatoms. The standard InChI is InChI=1S/C16H14BrClFN4OP/c1-8-4-5-9-13(21-8)11(19)6-12(14(9)25(2,3)24)22-15-10(17)7-20-16(18)23-15/h4-7H,1-3H3,(H,20,22,23). The van der Waals surface area contributed by atoms with Crippen molar-refractivity contribution in [1.82, 2.24) is 15.0 Å². The molecule has 130 valence electrons. The highest BCUT2D eigenvalue weighted by atomic mass is 79.9. The third-order valence-corrected chi connectivity index (χ3v) is 5.87. The summed E-state index contributed by atoms with van der Waals surface area (Å²) in [6.45, 7) is 5.04. The van der Waals surface area contributed by atoms with Gasteiger partial charge in [0.15, 0.2) is 5.82 Å². The van der Waals surface area contributed by atoms with Gasteiger partial charge in [-0.15, -0.1) is 0 Å². The van der Waals surface area contributed by atoms with Crippen molar-refractivity contribution < 1.29 is 8.96 Å². The van der Waals surface area contributed by atoms with E-state index in [1.807, 2.05) is 0 Å². The monoisotopic (exact) mass is 442 g/mol. The van der Waals surface area contributed by atoms with E-state index in [9.17, 15) is 8.96 Å². The van der Waals surface area contributed by atoms with E-state index in [1.165, 1.54) is 12.3 Å². The molecule has 0 amide bonds. The lowest BCUT2D eigenvalue weighted by Crippen LogP contribution is -2.14. The Morgan fingerprint density at radius 2 is 2.00 bits per heavy atom. The molecule has 25 heavy (non-hydrogen) atoms. The number of nitrogens with one attached hydrogen (secondary N) is 1. The van der Waals surface area contributed by atoms with Gasteiger partial charge >= 0.3 is 0 Å². The number of pyridine rings is 1. The van der Waals surface area contributed by atoms with E-state index in [2.05, 4.69) is 36.2 Å². The molecule has 5 nitrogen and oxygen atoms in total. The van der Waals surface area contributed by atoms with E-state index in [0.717, 1.165) is 0 Å². The number of benzene rings is 1. The van der Waals surface area contributed by atoms with Crippen molar-refractivity contribution in [2.45, 2.75) is 6.92 Å². The first-order valence-corrected chi connectivity index (χ1v) is 11.0. The van der Waals surface area contributed by atoms with Gasteiger partial charge in [-0.2, -0.15) is 4.98 Å². The normalized spacial score (nSPS) is 11.8. The summed E-state index contributed by atoms with van der Waals surface area (Å²) in [6, 6.07) is 4.79. The fourth-order valence-electron chi connectivity index (χ4n) is 2.57. The Balaban J connectivity index is 2.29. The van der Waals surface area contributed by atoms with Gasteiger partial charge in [0, 0.05) is 28.6 Å². The summed E-state index contributed by atoms with van der Waals surface area (Å²) >= 11 is 9.15. The molecule has 0 fully saturated rings.